The molecule has 16 heavy (non-hydrogen) atoms. The molecule has 0 spiro atoms. The summed E-state index contributed by atoms with van der Waals surface area (Å²) in [6.07, 6.45) is 0.800. The van der Waals surface area contributed by atoms with Gasteiger partial charge in [-0.25, -0.2) is 4.98 Å². The van der Waals surface area contributed by atoms with Gasteiger partial charge in [0.05, 0.1) is 26.9 Å². The van der Waals surface area contributed by atoms with Gasteiger partial charge in [0.25, 0.3) is 0 Å². The number of thiazole rings is 1. The third-order valence-electron chi connectivity index (χ3n) is 2.21. The standard InChI is InChI=1S/C11H9ClN2S2/c1-2-7(5-13)11-14-8(6-15-11)9-3-4-10(12)16-9/h3-4,6-7H,2H2,1H3. The van der Waals surface area contributed by atoms with Crippen LogP contribution in [0.5, 0.6) is 0 Å². The SMILES string of the molecule is CCC(C#N)c1nc(-c2ccc(Cl)s2)cs1. The van der Waals surface area contributed by atoms with Crippen molar-refractivity contribution in [2.75, 3.05) is 0 Å². The van der Waals surface area contributed by atoms with Crippen LogP contribution < -0.4 is 0 Å². The lowest BCUT2D eigenvalue weighted by molar-refractivity contribution is 0.810. The van der Waals surface area contributed by atoms with E-state index in [0.717, 1.165) is 26.3 Å². The Morgan fingerprint density at radius 2 is 2.38 bits per heavy atom. The monoisotopic (exact) mass is 268 g/mol. The molecule has 82 valence electrons. The highest BCUT2D eigenvalue weighted by Gasteiger charge is 2.14. The summed E-state index contributed by atoms with van der Waals surface area (Å²) in [5, 5.41) is 11.8. The first-order chi connectivity index (χ1) is 7.74. The topological polar surface area (TPSA) is 36.7 Å². The lowest BCUT2D eigenvalue weighted by Crippen LogP contribution is -1.91. The van der Waals surface area contributed by atoms with Crippen molar-refractivity contribution in [1.29, 1.82) is 5.26 Å². The fraction of sp³-hybridized carbons (Fsp3) is 0.273. The molecule has 0 N–H and O–H groups in total. The normalized spacial score (nSPS) is 12.3. The largest absolute Gasteiger partial charge is 0.239 e. The van der Waals surface area contributed by atoms with Crippen LogP contribution in [0, 0.1) is 11.3 Å². The van der Waals surface area contributed by atoms with Crippen LogP contribution in [0.25, 0.3) is 10.6 Å². The van der Waals surface area contributed by atoms with Crippen molar-refractivity contribution in [1.82, 2.24) is 4.98 Å². The molecule has 2 aromatic heterocycles. The number of halogens is 1. The van der Waals surface area contributed by atoms with Crippen LogP contribution in [0.4, 0.5) is 0 Å². The second-order valence-electron chi connectivity index (χ2n) is 3.26. The van der Waals surface area contributed by atoms with E-state index in [9.17, 15) is 0 Å². The summed E-state index contributed by atoms with van der Waals surface area (Å²) >= 11 is 8.92. The van der Waals surface area contributed by atoms with Gasteiger partial charge in [0.2, 0.25) is 0 Å². The van der Waals surface area contributed by atoms with Gasteiger partial charge in [-0.3, -0.25) is 0 Å². The molecule has 2 aromatic rings. The average Bonchev–Trinajstić information content (AvgIpc) is 2.89. The maximum Gasteiger partial charge on any atom is 0.110 e. The fourth-order valence-corrected chi connectivity index (χ4v) is 3.36. The Hall–Kier alpha value is -0.890. The van der Waals surface area contributed by atoms with Crippen molar-refractivity contribution in [2.45, 2.75) is 19.3 Å². The number of hydrogen-bond donors (Lipinski definition) is 0. The molecular weight excluding hydrogens is 260 g/mol. The second-order valence-corrected chi connectivity index (χ2v) is 5.87. The Balaban J connectivity index is 2.30. The van der Waals surface area contributed by atoms with Crippen LogP contribution in [0.1, 0.15) is 24.3 Å². The maximum atomic E-state index is 8.96. The Labute approximate surface area is 107 Å². The molecule has 0 aliphatic rings. The van der Waals surface area contributed by atoms with Gasteiger partial charge in [0.1, 0.15) is 5.01 Å². The molecule has 2 rings (SSSR count). The Bertz CT molecular complexity index is 524. The first-order valence-electron chi connectivity index (χ1n) is 4.85. The zero-order chi connectivity index (χ0) is 11.5. The summed E-state index contributed by atoms with van der Waals surface area (Å²) in [6.45, 7) is 2.00. The van der Waals surface area contributed by atoms with Gasteiger partial charge in [0.15, 0.2) is 0 Å². The van der Waals surface area contributed by atoms with E-state index in [1.165, 1.54) is 11.3 Å². The van der Waals surface area contributed by atoms with Crippen LogP contribution in [-0.2, 0) is 0 Å². The van der Waals surface area contributed by atoms with Crippen LogP contribution in [0.3, 0.4) is 0 Å². The van der Waals surface area contributed by atoms with Crippen LogP contribution >= 0.6 is 34.3 Å². The van der Waals surface area contributed by atoms with Crippen LogP contribution in [0.2, 0.25) is 4.34 Å². The predicted molar refractivity (Wildman–Crippen MR) is 69.1 cm³/mol. The van der Waals surface area contributed by atoms with Gasteiger partial charge in [-0.1, -0.05) is 18.5 Å². The average molecular weight is 269 g/mol. The minimum atomic E-state index is -0.0887. The van der Waals surface area contributed by atoms with Gasteiger partial charge in [-0.15, -0.1) is 22.7 Å². The van der Waals surface area contributed by atoms with E-state index in [-0.39, 0.29) is 5.92 Å². The quantitative estimate of drug-likeness (QED) is 0.819. The highest BCUT2D eigenvalue weighted by Crippen LogP contribution is 2.33. The van der Waals surface area contributed by atoms with Gasteiger partial charge < -0.3 is 0 Å². The lowest BCUT2D eigenvalue weighted by atomic mass is 10.1. The molecule has 0 saturated heterocycles. The minimum absolute atomic E-state index is 0.0887. The molecule has 2 heterocycles. The molecule has 0 aliphatic carbocycles. The highest BCUT2D eigenvalue weighted by atomic mass is 35.5. The Kier molecular flexibility index (Phi) is 3.59. The summed E-state index contributed by atoms with van der Waals surface area (Å²) in [5.74, 6) is -0.0887. The van der Waals surface area contributed by atoms with Gasteiger partial charge in [-0.2, -0.15) is 5.26 Å². The molecule has 0 aromatic carbocycles. The van der Waals surface area contributed by atoms with Gasteiger partial charge >= 0.3 is 0 Å². The summed E-state index contributed by atoms with van der Waals surface area (Å²) in [6, 6.07) is 6.08. The first kappa shape index (κ1) is 11.6. The molecular formula is C11H9ClN2S2. The summed E-state index contributed by atoms with van der Waals surface area (Å²) in [5.41, 5.74) is 0.922. The van der Waals surface area contributed by atoms with Crippen molar-refractivity contribution in [3.63, 3.8) is 0 Å². The molecule has 5 heteroatoms. The van der Waals surface area contributed by atoms with Crippen molar-refractivity contribution in [3.8, 4) is 16.6 Å². The molecule has 0 fully saturated rings. The van der Waals surface area contributed by atoms with E-state index in [1.807, 2.05) is 24.4 Å². The number of rotatable bonds is 3. The number of thiophene rings is 1. The smallest absolute Gasteiger partial charge is 0.110 e. The highest BCUT2D eigenvalue weighted by molar-refractivity contribution is 7.19. The molecule has 0 bridgehead atoms. The predicted octanol–water partition coefficient (Wildman–Crippen LogP) is 4.54. The van der Waals surface area contributed by atoms with Crippen LogP contribution in [-0.4, -0.2) is 4.98 Å². The van der Waals surface area contributed by atoms with Gasteiger partial charge in [-0.05, 0) is 18.6 Å². The van der Waals surface area contributed by atoms with E-state index < -0.39 is 0 Å². The zero-order valence-corrected chi connectivity index (χ0v) is 11.0. The van der Waals surface area contributed by atoms with E-state index in [0.29, 0.717) is 0 Å². The summed E-state index contributed by atoms with van der Waals surface area (Å²) in [4.78, 5) is 5.54. The number of aromatic nitrogens is 1. The summed E-state index contributed by atoms with van der Waals surface area (Å²) < 4.78 is 0.761. The minimum Gasteiger partial charge on any atom is -0.239 e. The third kappa shape index (κ3) is 2.27. The zero-order valence-electron chi connectivity index (χ0n) is 8.61. The van der Waals surface area contributed by atoms with Crippen molar-refractivity contribution in [2.24, 2.45) is 0 Å². The van der Waals surface area contributed by atoms with E-state index in [1.54, 1.807) is 11.3 Å². The number of hydrogen-bond acceptors (Lipinski definition) is 4. The second kappa shape index (κ2) is 4.96. The van der Waals surface area contributed by atoms with Crippen molar-refractivity contribution >= 4 is 34.3 Å². The van der Waals surface area contributed by atoms with E-state index in [2.05, 4.69) is 11.1 Å². The van der Waals surface area contributed by atoms with Gasteiger partial charge in [0, 0.05) is 5.38 Å². The Morgan fingerprint density at radius 3 is 2.94 bits per heavy atom. The maximum absolute atomic E-state index is 8.96. The third-order valence-corrected chi connectivity index (χ3v) is 4.42. The van der Waals surface area contributed by atoms with E-state index in [4.69, 9.17) is 16.9 Å². The number of nitrogens with zero attached hydrogens (tertiary/aromatic N) is 2. The van der Waals surface area contributed by atoms with E-state index >= 15 is 0 Å². The molecule has 0 amide bonds. The molecule has 1 atom stereocenters. The molecule has 0 saturated carbocycles. The van der Waals surface area contributed by atoms with Crippen molar-refractivity contribution in [3.05, 3.63) is 26.9 Å². The Morgan fingerprint density at radius 1 is 1.56 bits per heavy atom. The fourth-order valence-electron chi connectivity index (χ4n) is 1.33. The summed E-state index contributed by atoms with van der Waals surface area (Å²) in [7, 11) is 0. The molecule has 0 radical (unpaired) electrons. The molecule has 1 unspecified atom stereocenters. The first-order valence-corrected chi connectivity index (χ1v) is 6.92. The van der Waals surface area contributed by atoms with Crippen LogP contribution in [0.15, 0.2) is 17.5 Å². The van der Waals surface area contributed by atoms with Crippen molar-refractivity contribution < 1.29 is 0 Å². The molecule has 0 aliphatic heterocycles. The lowest BCUT2D eigenvalue weighted by Gasteiger charge is -1.98. The number of nitriles is 1. The molecule has 2 nitrogen and oxygen atoms in total.